The van der Waals surface area contributed by atoms with Crippen LogP contribution in [0.4, 0.5) is 19.0 Å². The SMILES string of the molecule is Cc1nc(N[C@H](C)c2cccc(C(F)F)c2F)c2cc(C(=O)N3CCCC34CCOC4)c3nnnn3c2n1. The van der Waals surface area contributed by atoms with Gasteiger partial charge in [0.2, 0.25) is 0 Å². The van der Waals surface area contributed by atoms with Crippen LogP contribution in [0.5, 0.6) is 0 Å². The minimum absolute atomic E-state index is 0.0623. The summed E-state index contributed by atoms with van der Waals surface area (Å²) < 4.78 is 48.5. The van der Waals surface area contributed by atoms with E-state index in [9.17, 15) is 18.0 Å². The first-order valence-corrected chi connectivity index (χ1v) is 12.4. The lowest BCUT2D eigenvalue weighted by Gasteiger charge is -2.33. The summed E-state index contributed by atoms with van der Waals surface area (Å²) in [6.07, 6.45) is -0.433. The average Bonchev–Trinajstić information content (AvgIpc) is 3.65. The molecule has 2 aliphatic heterocycles. The molecular weight excluding hydrogens is 501 g/mol. The van der Waals surface area contributed by atoms with E-state index < -0.39 is 23.8 Å². The molecule has 3 aromatic heterocycles. The number of pyridine rings is 1. The number of halogens is 3. The van der Waals surface area contributed by atoms with Gasteiger partial charge in [0, 0.05) is 18.7 Å². The van der Waals surface area contributed by atoms with Gasteiger partial charge in [0.05, 0.1) is 34.7 Å². The van der Waals surface area contributed by atoms with Crippen LogP contribution >= 0.6 is 0 Å². The Morgan fingerprint density at radius 1 is 1.18 bits per heavy atom. The van der Waals surface area contributed by atoms with E-state index in [1.54, 1.807) is 19.9 Å². The number of fused-ring (bicyclic) bond motifs is 3. The van der Waals surface area contributed by atoms with Gasteiger partial charge in [-0.2, -0.15) is 4.52 Å². The van der Waals surface area contributed by atoms with Crippen molar-refractivity contribution in [3.8, 4) is 0 Å². The Kier molecular flexibility index (Phi) is 5.89. The fourth-order valence-corrected chi connectivity index (χ4v) is 5.60. The molecule has 1 spiro atoms. The molecule has 2 fully saturated rings. The summed E-state index contributed by atoms with van der Waals surface area (Å²) in [7, 11) is 0. The number of benzene rings is 1. The molecule has 0 bridgehead atoms. The lowest BCUT2D eigenvalue weighted by Crippen LogP contribution is -2.48. The van der Waals surface area contributed by atoms with E-state index in [0.29, 0.717) is 42.4 Å². The lowest BCUT2D eigenvalue weighted by atomic mass is 9.95. The second kappa shape index (κ2) is 9.15. The fourth-order valence-electron chi connectivity index (χ4n) is 5.60. The van der Waals surface area contributed by atoms with Gasteiger partial charge in [-0.05, 0) is 49.6 Å². The Labute approximate surface area is 215 Å². The van der Waals surface area contributed by atoms with Crippen molar-refractivity contribution in [2.45, 2.75) is 51.1 Å². The maximum Gasteiger partial charge on any atom is 0.266 e. The van der Waals surface area contributed by atoms with Crippen LogP contribution < -0.4 is 5.32 Å². The van der Waals surface area contributed by atoms with Crippen LogP contribution in [-0.2, 0) is 4.74 Å². The molecule has 1 N–H and O–H groups in total. The minimum Gasteiger partial charge on any atom is -0.379 e. The third-order valence-corrected chi connectivity index (χ3v) is 7.50. The number of aromatic nitrogens is 6. The molecule has 0 aliphatic carbocycles. The highest BCUT2D eigenvalue weighted by atomic mass is 19.3. The topological polar surface area (TPSA) is 110 Å². The van der Waals surface area contributed by atoms with E-state index in [-0.39, 0.29) is 28.2 Å². The van der Waals surface area contributed by atoms with E-state index in [0.717, 1.165) is 25.3 Å². The number of rotatable bonds is 5. The van der Waals surface area contributed by atoms with Crippen molar-refractivity contribution in [2.24, 2.45) is 0 Å². The smallest absolute Gasteiger partial charge is 0.266 e. The monoisotopic (exact) mass is 526 g/mol. The molecule has 2 atom stereocenters. The van der Waals surface area contributed by atoms with Gasteiger partial charge >= 0.3 is 0 Å². The average molecular weight is 527 g/mol. The molecule has 6 rings (SSSR count). The zero-order valence-electron chi connectivity index (χ0n) is 20.8. The molecule has 10 nitrogen and oxygen atoms in total. The molecule has 4 aromatic rings. The number of amides is 1. The van der Waals surface area contributed by atoms with Crippen molar-refractivity contribution in [1.29, 1.82) is 0 Å². The number of nitrogens with zero attached hydrogens (tertiary/aromatic N) is 7. The number of nitrogens with one attached hydrogen (secondary N) is 1. The molecule has 198 valence electrons. The molecule has 38 heavy (non-hydrogen) atoms. The van der Waals surface area contributed by atoms with Crippen molar-refractivity contribution < 1.29 is 22.7 Å². The van der Waals surface area contributed by atoms with Gasteiger partial charge in [-0.3, -0.25) is 4.79 Å². The van der Waals surface area contributed by atoms with E-state index >= 15 is 0 Å². The molecule has 2 saturated heterocycles. The standard InChI is InChI=1S/C25H25F3N8O2/c1-13(15-5-3-6-16(19(15)26)20(27)28)29-21-17-11-18(23-32-33-34-36(23)22(17)31-14(2)30-21)24(37)35-9-4-7-25(35)8-10-38-12-25/h3,5-6,11,13,20H,4,7-10,12H2,1-2H3,(H,29,30,31)/t13-,25?/m1/s1. The summed E-state index contributed by atoms with van der Waals surface area (Å²) in [6, 6.07) is 4.81. The largest absolute Gasteiger partial charge is 0.379 e. The van der Waals surface area contributed by atoms with Crippen molar-refractivity contribution in [3.63, 3.8) is 0 Å². The number of hydrogen-bond donors (Lipinski definition) is 1. The highest BCUT2D eigenvalue weighted by molar-refractivity contribution is 6.05. The Morgan fingerprint density at radius 2 is 2.00 bits per heavy atom. The third-order valence-electron chi connectivity index (χ3n) is 7.50. The number of carbonyl (C=O) groups excluding carboxylic acids is 1. The van der Waals surface area contributed by atoms with Crippen LogP contribution in [0.3, 0.4) is 0 Å². The number of alkyl halides is 2. The van der Waals surface area contributed by atoms with Crippen molar-refractivity contribution in [3.05, 3.63) is 52.6 Å². The summed E-state index contributed by atoms with van der Waals surface area (Å²) in [5, 5.41) is 15.5. The Bertz CT molecular complexity index is 1550. The first kappa shape index (κ1) is 24.5. The molecule has 1 unspecified atom stereocenters. The maximum atomic E-state index is 14.9. The Balaban J connectivity index is 1.45. The second-order valence-electron chi connectivity index (χ2n) is 9.83. The molecule has 5 heterocycles. The summed E-state index contributed by atoms with van der Waals surface area (Å²) >= 11 is 0. The van der Waals surface area contributed by atoms with Crippen LogP contribution in [0, 0.1) is 12.7 Å². The second-order valence-corrected chi connectivity index (χ2v) is 9.83. The molecule has 0 radical (unpaired) electrons. The maximum absolute atomic E-state index is 14.9. The predicted molar refractivity (Wildman–Crippen MR) is 130 cm³/mol. The van der Waals surface area contributed by atoms with Crippen LogP contribution in [0.25, 0.3) is 16.7 Å². The zero-order chi connectivity index (χ0) is 26.6. The van der Waals surface area contributed by atoms with Crippen LogP contribution in [-0.4, -0.2) is 66.1 Å². The Hall–Kier alpha value is -3.87. The van der Waals surface area contributed by atoms with Crippen molar-refractivity contribution in [1.82, 2.24) is 34.9 Å². The summed E-state index contributed by atoms with van der Waals surface area (Å²) in [6.45, 7) is 5.01. The van der Waals surface area contributed by atoms with Gasteiger partial charge in [-0.25, -0.2) is 23.1 Å². The van der Waals surface area contributed by atoms with E-state index in [1.165, 1.54) is 16.6 Å². The lowest BCUT2D eigenvalue weighted by molar-refractivity contribution is 0.0551. The van der Waals surface area contributed by atoms with E-state index in [1.807, 2.05) is 4.90 Å². The van der Waals surface area contributed by atoms with E-state index in [2.05, 4.69) is 30.8 Å². The van der Waals surface area contributed by atoms with Crippen molar-refractivity contribution >= 4 is 28.4 Å². The van der Waals surface area contributed by atoms with Gasteiger partial charge in [-0.15, -0.1) is 5.10 Å². The van der Waals surface area contributed by atoms with Gasteiger partial charge < -0.3 is 15.0 Å². The Morgan fingerprint density at radius 3 is 2.76 bits per heavy atom. The summed E-state index contributed by atoms with van der Waals surface area (Å²) in [4.78, 5) is 24.8. The third kappa shape index (κ3) is 3.83. The number of anilines is 1. The predicted octanol–water partition coefficient (Wildman–Crippen LogP) is 4.02. The number of likely N-dealkylation sites (tertiary alicyclic amines) is 1. The van der Waals surface area contributed by atoms with E-state index in [4.69, 9.17) is 4.74 Å². The number of carbonyl (C=O) groups is 1. The molecule has 13 heteroatoms. The van der Waals surface area contributed by atoms with Gasteiger partial charge in [0.25, 0.3) is 12.3 Å². The van der Waals surface area contributed by atoms with Crippen LogP contribution in [0.15, 0.2) is 24.3 Å². The number of hydrogen-bond acceptors (Lipinski definition) is 8. The molecule has 0 saturated carbocycles. The molecular formula is C25H25F3N8O2. The summed E-state index contributed by atoms with van der Waals surface area (Å²) in [5.74, 6) is -0.514. The fraction of sp³-hybridized carbons (Fsp3) is 0.440. The molecule has 2 aliphatic rings. The number of tetrazole rings is 1. The summed E-state index contributed by atoms with van der Waals surface area (Å²) in [5.41, 5.74) is -0.0546. The van der Waals surface area contributed by atoms with Gasteiger partial charge in [0.15, 0.2) is 11.3 Å². The first-order valence-electron chi connectivity index (χ1n) is 12.4. The van der Waals surface area contributed by atoms with Gasteiger partial charge in [-0.1, -0.05) is 18.2 Å². The number of ether oxygens (including phenoxy) is 1. The highest BCUT2D eigenvalue weighted by Gasteiger charge is 2.47. The zero-order valence-corrected chi connectivity index (χ0v) is 20.8. The normalized spacial score (nSPS) is 20.3. The van der Waals surface area contributed by atoms with Crippen molar-refractivity contribution in [2.75, 3.05) is 25.1 Å². The quantitative estimate of drug-likeness (QED) is 0.415. The highest BCUT2D eigenvalue weighted by Crippen LogP contribution is 2.38. The van der Waals surface area contributed by atoms with Crippen LogP contribution in [0.1, 0.15) is 66.0 Å². The minimum atomic E-state index is -2.94. The first-order chi connectivity index (χ1) is 18.3. The van der Waals surface area contributed by atoms with Gasteiger partial charge in [0.1, 0.15) is 17.5 Å². The number of aryl methyl sites for hydroxylation is 1. The molecule has 1 amide bonds. The van der Waals surface area contributed by atoms with Crippen LogP contribution in [0.2, 0.25) is 0 Å². The molecule has 1 aromatic carbocycles.